The maximum Gasteiger partial charge on any atom is 0.266 e. The van der Waals surface area contributed by atoms with Crippen LogP contribution in [-0.2, 0) is 4.79 Å². The Bertz CT molecular complexity index is 1060. The van der Waals surface area contributed by atoms with Crippen LogP contribution in [0.1, 0.15) is 24.2 Å². The number of carbonyl (C=O) groups is 2. The van der Waals surface area contributed by atoms with Gasteiger partial charge >= 0.3 is 0 Å². The van der Waals surface area contributed by atoms with Crippen LogP contribution in [0.4, 0.5) is 5.13 Å². The Hall–Kier alpha value is -3.39. The Morgan fingerprint density at radius 2 is 1.83 bits per heavy atom. The zero-order chi connectivity index (χ0) is 21.7. The third kappa shape index (κ3) is 4.96. The highest BCUT2D eigenvalue weighted by Crippen LogP contribution is 2.33. The highest BCUT2D eigenvalue weighted by atomic mass is 32.1. The molecule has 2 aromatic carbocycles. The summed E-state index contributed by atoms with van der Waals surface area (Å²) in [5.74, 6) is 1.28. The fourth-order valence-electron chi connectivity index (χ4n) is 2.71. The normalized spacial score (nSPS) is 11.5. The first-order valence-electron chi connectivity index (χ1n) is 9.17. The minimum absolute atomic E-state index is 0.0666. The smallest absolute Gasteiger partial charge is 0.266 e. The molecule has 0 aliphatic rings. The minimum atomic E-state index is -0.763. The van der Waals surface area contributed by atoms with Gasteiger partial charge in [-0.25, -0.2) is 4.98 Å². The molecule has 3 aromatic rings. The molecule has 1 aromatic heterocycles. The molecule has 156 valence electrons. The van der Waals surface area contributed by atoms with Crippen LogP contribution in [0.25, 0.3) is 11.3 Å². The van der Waals surface area contributed by atoms with Crippen LogP contribution >= 0.6 is 11.3 Å². The summed E-state index contributed by atoms with van der Waals surface area (Å²) >= 11 is 1.31. The van der Waals surface area contributed by atoms with Gasteiger partial charge in [-0.3, -0.25) is 14.9 Å². The molecule has 8 heteroatoms. The number of benzene rings is 2. The Kier molecular flexibility index (Phi) is 6.68. The van der Waals surface area contributed by atoms with Crippen LogP contribution in [0.15, 0.2) is 47.8 Å². The van der Waals surface area contributed by atoms with Crippen LogP contribution < -0.4 is 19.5 Å². The second kappa shape index (κ2) is 9.41. The Balaban J connectivity index is 1.67. The van der Waals surface area contributed by atoms with Gasteiger partial charge in [0.25, 0.3) is 5.91 Å². The van der Waals surface area contributed by atoms with E-state index in [4.69, 9.17) is 14.2 Å². The molecule has 0 saturated carbocycles. The van der Waals surface area contributed by atoms with Crippen molar-refractivity contribution in [3.05, 3.63) is 53.4 Å². The molecule has 0 aliphatic heterocycles. The summed E-state index contributed by atoms with van der Waals surface area (Å²) in [5.41, 5.74) is 2.08. The lowest BCUT2D eigenvalue weighted by Crippen LogP contribution is -2.30. The van der Waals surface area contributed by atoms with E-state index in [0.717, 1.165) is 5.56 Å². The Labute approximate surface area is 178 Å². The number of nitrogens with one attached hydrogen (secondary N) is 1. The summed E-state index contributed by atoms with van der Waals surface area (Å²) in [6.45, 7) is 3.12. The fraction of sp³-hybridized carbons (Fsp3) is 0.227. The first-order chi connectivity index (χ1) is 14.4. The third-order valence-electron chi connectivity index (χ3n) is 4.34. The average molecular weight is 426 g/mol. The van der Waals surface area contributed by atoms with Crippen molar-refractivity contribution in [3.8, 4) is 28.5 Å². The maximum atomic E-state index is 12.5. The number of nitrogens with zero attached hydrogens (tertiary/aromatic N) is 1. The molecule has 0 aliphatic carbocycles. The number of amides is 1. The van der Waals surface area contributed by atoms with Crippen molar-refractivity contribution in [3.63, 3.8) is 0 Å². The monoisotopic (exact) mass is 426 g/mol. The summed E-state index contributed by atoms with van der Waals surface area (Å²) in [7, 11) is 3.15. The summed E-state index contributed by atoms with van der Waals surface area (Å²) in [5, 5.41) is 5.06. The van der Waals surface area contributed by atoms with Gasteiger partial charge in [-0.1, -0.05) is 12.1 Å². The van der Waals surface area contributed by atoms with Gasteiger partial charge in [0.1, 0.15) is 5.75 Å². The standard InChI is InChI=1S/C22H22N2O5S/c1-13(25)15-6-5-7-17(10-15)29-14(2)21(26)24-22-23-18(12-30-22)16-8-9-19(27-3)20(11-16)28-4/h5-12,14H,1-4H3,(H,23,24,26). The molecule has 3 rings (SSSR count). The van der Waals surface area contributed by atoms with E-state index in [-0.39, 0.29) is 11.7 Å². The van der Waals surface area contributed by atoms with E-state index in [1.807, 2.05) is 17.5 Å². The number of ketones is 1. The van der Waals surface area contributed by atoms with Crippen LogP contribution in [-0.4, -0.2) is 37.0 Å². The molecule has 7 nitrogen and oxygen atoms in total. The van der Waals surface area contributed by atoms with Crippen LogP contribution in [0.2, 0.25) is 0 Å². The molecule has 1 unspecified atom stereocenters. The number of aromatic nitrogens is 1. The maximum absolute atomic E-state index is 12.5. The van der Waals surface area contributed by atoms with Gasteiger partial charge < -0.3 is 14.2 Å². The molecule has 30 heavy (non-hydrogen) atoms. The second-order valence-corrected chi connectivity index (χ2v) is 7.30. The molecular formula is C22H22N2O5S. The number of methoxy groups -OCH3 is 2. The third-order valence-corrected chi connectivity index (χ3v) is 5.09. The lowest BCUT2D eigenvalue weighted by atomic mass is 10.1. The van der Waals surface area contributed by atoms with E-state index in [0.29, 0.717) is 33.6 Å². The molecule has 1 amide bonds. The lowest BCUT2D eigenvalue weighted by molar-refractivity contribution is -0.122. The van der Waals surface area contributed by atoms with Crippen molar-refractivity contribution in [1.82, 2.24) is 4.98 Å². The van der Waals surface area contributed by atoms with Crippen LogP contribution in [0.3, 0.4) is 0 Å². The molecule has 0 fully saturated rings. The van der Waals surface area contributed by atoms with Crippen molar-refractivity contribution >= 4 is 28.2 Å². The first kappa shape index (κ1) is 21.3. The van der Waals surface area contributed by atoms with E-state index in [9.17, 15) is 9.59 Å². The highest BCUT2D eigenvalue weighted by molar-refractivity contribution is 7.14. The van der Waals surface area contributed by atoms with Gasteiger partial charge in [-0.15, -0.1) is 11.3 Å². The second-order valence-electron chi connectivity index (χ2n) is 6.44. The van der Waals surface area contributed by atoms with Crippen molar-refractivity contribution in [2.24, 2.45) is 0 Å². The zero-order valence-corrected chi connectivity index (χ0v) is 17.9. The van der Waals surface area contributed by atoms with E-state index >= 15 is 0 Å². The molecule has 0 bridgehead atoms. The van der Waals surface area contributed by atoms with E-state index < -0.39 is 6.10 Å². The number of thiazole rings is 1. The molecule has 1 atom stereocenters. The predicted molar refractivity (Wildman–Crippen MR) is 116 cm³/mol. The molecule has 1 heterocycles. The SMILES string of the molecule is COc1ccc(-c2csc(NC(=O)C(C)Oc3cccc(C(C)=O)c3)n2)cc1OC. The predicted octanol–water partition coefficient (Wildman–Crippen LogP) is 4.44. The lowest BCUT2D eigenvalue weighted by Gasteiger charge is -2.14. The van der Waals surface area contributed by atoms with Crippen molar-refractivity contribution in [2.75, 3.05) is 19.5 Å². The van der Waals surface area contributed by atoms with E-state index in [1.165, 1.54) is 18.3 Å². The van der Waals surface area contributed by atoms with E-state index in [2.05, 4.69) is 10.3 Å². The Morgan fingerprint density at radius 1 is 1.07 bits per heavy atom. The number of Topliss-reactive ketones (excluding diaryl/α,β-unsaturated/α-hetero) is 1. The largest absolute Gasteiger partial charge is 0.493 e. The summed E-state index contributed by atoms with van der Waals surface area (Å²) in [6, 6.07) is 12.2. The molecule has 0 saturated heterocycles. The number of anilines is 1. The average Bonchev–Trinajstić information content (AvgIpc) is 3.21. The summed E-state index contributed by atoms with van der Waals surface area (Å²) in [6.07, 6.45) is -0.763. The van der Waals surface area contributed by atoms with Crippen LogP contribution in [0.5, 0.6) is 17.2 Å². The number of hydrogen-bond acceptors (Lipinski definition) is 7. The highest BCUT2D eigenvalue weighted by Gasteiger charge is 2.17. The topological polar surface area (TPSA) is 86.8 Å². The number of ether oxygens (including phenoxy) is 3. The first-order valence-corrected chi connectivity index (χ1v) is 10.1. The Morgan fingerprint density at radius 3 is 2.53 bits per heavy atom. The van der Waals surface area contributed by atoms with Gasteiger partial charge in [-0.2, -0.15) is 0 Å². The minimum Gasteiger partial charge on any atom is -0.493 e. The number of carbonyl (C=O) groups excluding carboxylic acids is 2. The molecule has 1 N–H and O–H groups in total. The number of hydrogen-bond donors (Lipinski definition) is 1. The molecular weight excluding hydrogens is 404 g/mol. The fourth-order valence-corrected chi connectivity index (χ4v) is 3.43. The van der Waals surface area contributed by atoms with E-state index in [1.54, 1.807) is 51.5 Å². The molecule has 0 spiro atoms. The van der Waals surface area contributed by atoms with Gasteiger partial charge in [0.05, 0.1) is 19.9 Å². The quantitative estimate of drug-likeness (QED) is 0.536. The van der Waals surface area contributed by atoms with Crippen molar-refractivity contribution in [1.29, 1.82) is 0 Å². The van der Waals surface area contributed by atoms with Crippen LogP contribution in [0, 0.1) is 0 Å². The van der Waals surface area contributed by atoms with Gasteiger partial charge in [0, 0.05) is 16.5 Å². The number of rotatable bonds is 8. The van der Waals surface area contributed by atoms with Crippen molar-refractivity contribution < 1.29 is 23.8 Å². The summed E-state index contributed by atoms with van der Waals surface area (Å²) < 4.78 is 16.2. The van der Waals surface area contributed by atoms with Gasteiger partial charge in [0.2, 0.25) is 0 Å². The summed E-state index contributed by atoms with van der Waals surface area (Å²) in [4.78, 5) is 28.5. The zero-order valence-electron chi connectivity index (χ0n) is 17.1. The molecule has 0 radical (unpaired) electrons. The van der Waals surface area contributed by atoms with Gasteiger partial charge in [-0.05, 0) is 44.2 Å². The van der Waals surface area contributed by atoms with Gasteiger partial charge in [0.15, 0.2) is 28.5 Å². The van der Waals surface area contributed by atoms with Crippen molar-refractivity contribution in [2.45, 2.75) is 20.0 Å².